The van der Waals surface area contributed by atoms with Crippen LogP contribution in [0.15, 0.2) is 0 Å². The molecule has 2 saturated carbocycles. The van der Waals surface area contributed by atoms with E-state index in [1.807, 2.05) is 0 Å². The number of nitrogens with one attached hydrogen (secondary N) is 1. The van der Waals surface area contributed by atoms with E-state index in [1.54, 1.807) is 0 Å². The van der Waals surface area contributed by atoms with Crippen molar-refractivity contribution in [3.05, 3.63) is 0 Å². The Hall–Kier alpha value is -1.59. The van der Waals surface area contributed by atoms with Crippen LogP contribution in [0, 0.1) is 16.7 Å². The molecule has 0 radical (unpaired) electrons. The maximum absolute atomic E-state index is 12.9. The van der Waals surface area contributed by atoms with Crippen LogP contribution in [-0.4, -0.2) is 40.0 Å². The lowest BCUT2D eigenvalue weighted by atomic mass is 9.62. The van der Waals surface area contributed by atoms with Gasteiger partial charge in [-0.1, -0.05) is 20.8 Å². The summed E-state index contributed by atoms with van der Waals surface area (Å²) in [6.07, 6.45) is 2.47. The van der Waals surface area contributed by atoms with Crippen molar-refractivity contribution in [3.63, 3.8) is 0 Å². The molecule has 3 rings (SSSR count). The van der Waals surface area contributed by atoms with Crippen LogP contribution < -0.4 is 5.32 Å². The number of amides is 3. The minimum Gasteiger partial charge on any atom is -0.481 e. The Morgan fingerprint density at radius 1 is 1.38 bits per heavy atom. The predicted octanol–water partition coefficient (Wildman–Crippen LogP) is 1.60. The topological polar surface area (TPSA) is 86.7 Å². The number of rotatable bonds is 3. The van der Waals surface area contributed by atoms with E-state index in [1.165, 1.54) is 0 Å². The molecule has 21 heavy (non-hydrogen) atoms. The maximum atomic E-state index is 12.9. The number of urea groups is 1. The van der Waals surface area contributed by atoms with Crippen LogP contribution in [0.25, 0.3) is 0 Å². The van der Waals surface area contributed by atoms with Gasteiger partial charge in [0.15, 0.2) is 0 Å². The van der Waals surface area contributed by atoms with E-state index in [2.05, 4.69) is 26.1 Å². The second kappa shape index (κ2) is 3.99. The number of hydrogen-bond acceptors (Lipinski definition) is 3. The van der Waals surface area contributed by atoms with Crippen LogP contribution >= 0.6 is 0 Å². The Kier molecular flexibility index (Phi) is 2.72. The summed E-state index contributed by atoms with van der Waals surface area (Å²) >= 11 is 0. The van der Waals surface area contributed by atoms with E-state index in [-0.39, 0.29) is 29.7 Å². The van der Waals surface area contributed by atoms with Gasteiger partial charge in [-0.05, 0) is 30.6 Å². The third-order valence-corrected chi connectivity index (χ3v) is 6.66. The Morgan fingerprint density at radius 2 is 2.05 bits per heavy atom. The fourth-order valence-corrected chi connectivity index (χ4v) is 4.86. The van der Waals surface area contributed by atoms with Gasteiger partial charge in [0.1, 0.15) is 5.54 Å². The summed E-state index contributed by atoms with van der Waals surface area (Å²) in [7, 11) is 0. The van der Waals surface area contributed by atoms with Crippen LogP contribution in [0.5, 0.6) is 0 Å². The fourth-order valence-electron chi connectivity index (χ4n) is 4.86. The Bertz CT molecular complexity index is 544. The third kappa shape index (κ3) is 1.50. The average molecular weight is 294 g/mol. The van der Waals surface area contributed by atoms with Gasteiger partial charge in [-0.2, -0.15) is 0 Å². The first-order valence-electron chi connectivity index (χ1n) is 7.52. The number of imide groups is 1. The Labute approximate surface area is 123 Å². The van der Waals surface area contributed by atoms with Crippen molar-refractivity contribution >= 4 is 17.9 Å². The minimum atomic E-state index is -1.00. The Balaban J connectivity index is 1.93. The molecule has 0 aromatic carbocycles. The highest BCUT2D eigenvalue weighted by Gasteiger charge is 2.74. The van der Waals surface area contributed by atoms with Gasteiger partial charge < -0.3 is 10.4 Å². The van der Waals surface area contributed by atoms with E-state index in [0.717, 1.165) is 17.7 Å². The van der Waals surface area contributed by atoms with Gasteiger partial charge in [-0.25, -0.2) is 4.79 Å². The monoisotopic (exact) mass is 294 g/mol. The molecule has 3 aliphatic rings. The molecule has 1 heterocycles. The van der Waals surface area contributed by atoms with Crippen molar-refractivity contribution in [1.29, 1.82) is 0 Å². The predicted molar refractivity (Wildman–Crippen MR) is 74.5 cm³/mol. The fraction of sp³-hybridized carbons (Fsp3) is 0.800. The molecule has 116 valence electrons. The van der Waals surface area contributed by atoms with Gasteiger partial charge in [0.05, 0.1) is 6.42 Å². The standard InChI is InChI=1S/C15H22N2O4/c1-13(2)9-4-6-14(13,3)15(8-9)11(20)17(12(21)16-15)7-5-10(18)19/h9H,4-8H2,1-3H3,(H,16,21)(H,18,19). The number of carbonyl (C=O) groups is 3. The zero-order valence-corrected chi connectivity index (χ0v) is 12.7. The van der Waals surface area contributed by atoms with Gasteiger partial charge in [-0.3, -0.25) is 14.5 Å². The number of carboxylic acid groups (broad SMARTS) is 1. The zero-order chi connectivity index (χ0) is 15.6. The highest BCUT2D eigenvalue weighted by atomic mass is 16.4. The van der Waals surface area contributed by atoms with Gasteiger partial charge in [0.2, 0.25) is 0 Å². The van der Waals surface area contributed by atoms with Crippen molar-refractivity contribution in [2.45, 2.75) is 52.0 Å². The first kappa shape index (κ1) is 14.4. The molecule has 3 amide bonds. The summed E-state index contributed by atoms with van der Waals surface area (Å²) in [5.41, 5.74) is -1.11. The number of carbonyl (C=O) groups excluding carboxylic acids is 2. The molecule has 6 nitrogen and oxygen atoms in total. The zero-order valence-electron chi connectivity index (χ0n) is 12.7. The molecular weight excluding hydrogens is 272 g/mol. The maximum Gasteiger partial charge on any atom is 0.325 e. The van der Waals surface area contributed by atoms with E-state index in [9.17, 15) is 14.4 Å². The summed E-state index contributed by atoms with van der Waals surface area (Å²) in [4.78, 5) is 36.9. The molecule has 2 aliphatic carbocycles. The molecule has 2 bridgehead atoms. The van der Waals surface area contributed by atoms with Gasteiger partial charge in [0, 0.05) is 12.0 Å². The number of aliphatic carboxylic acids is 1. The lowest BCUT2D eigenvalue weighted by Gasteiger charge is -2.44. The van der Waals surface area contributed by atoms with Gasteiger partial charge in [0.25, 0.3) is 5.91 Å². The normalized spacial score (nSPS) is 40.1. The van der Waals surface area contributed by atoms with Gasteiger partial charge in [-0.15, -0.1) is 0 Å². The summed E-state index contributed by atoms with van der Waals surface area (Å²) in [5, 5.41) is 11.7. The molecule has 2 N–H and O–H groups in total. The van der Waals surface area contributed by atoms with Crippen molar-refractivity contribution < 1.29 is 19.5 Å². The van der Waals surface area contributed by atoms with Crippen molar-refractivity contribution in [3.8, 4) is 0 Å². The molecule has 0 aromatic rings. The van der Waals surface area contributed by atoms with Crippen LogP contribution in [0.3, 0.4) is 0 Å². The van der Waals surface area contributed by atoms with Crippen LogP contribution in [0.2, 0.25) is 0 Å². The third-order valence-electron chi connectivity index (χ3n) is 6.66. The van der Waals surface area contributed by atoms with Crippen LogP contribution in [0.1, 0.15) is 46.5 Å². The van der Waals surface area contributed by atoms with E-state index in [4.69, 9.17) is 5.11 Å². The molecule has 6 heteroatoms. The van der Waals surface area contributed by atoms with Crippen molar-refractivity contribution in [2.75, 3.05) is 6.54 Å². The molecule has 3 atom stereocenters. The number of nitrogens with zero attached hydrogens (tertiary/aromatic N) is 1. The smallest absolute Gasteiger partial charge is 0.325 e. The van der Waals surface area contributed by atoms with E-state index in [0.29, 0.717) is 12.3 Å². The second-order valence-electron chi connectivity index (χ2n) is 7.43. The molecule has 3 unspecified atom stereocenters. The number of hydrogen-bond donors (Lipinski definition) is 2. The first-order valence-corrected chi connectivity index (χ1v) is 7.52. The summed E-state index contributed by atoms with van der Waals surface area (Å²) in [6, 6.07) is -0.439. The van der Waals surface area contributed by atoms with E-state index < -0.39 is 17.5 Å². The quantitative estimate of drug-likeness (QED) is 0.774. The number of carboxylic acids is 1. The first-order chi connectivity index (χ1) is 9.66. The molecule has 1 saturated heterocycles. The minimum absolute atomic E-state index is 0.00124. The molecule has 1 spiro atoms. The molecule has 3 fully saturated rings. The number of fused-ring (bicyclic) bond motifs is 3. The lowest BCUT2D eigenvalue weighted by Crippen LogP contribution is -2.58. The lowest BCUT2D eigenvalue weighted by molar-refractivity contribution is -0.139. The van der Waals surface area contributed by atoms with Crippen molar-refractivity contribution in [2.24, 2.45) is 16.7 Å². The highest BCUT2D eigenvalue weighted by molar-refractivity contribution is 6.08. The summed E-state index contributed by atoms with van der Waals surface area (Å²) < 4.78 is 0. The molecular formula is C15H22N2O4. The molecule has 1 aliphatic heterocycles. The van der Waals surface area contributed by atoms with Gasteiger partial charge >= 0.3 is 12.0 Å². The van der Waals surface area contributed by atoms with Crippen molar-refractivity contribution in [1.82, 2.24) is 10.2 Å². The summed E-state index contributed by atoms with van der Waals surface area (Å²) in [6.45, 7) is 6.40. The van der Waals surface area contributed by atoms with Crippen LogP contribution in [-0.2, 0) is 9.59 Å². The Morgan fingerprint density at radius 3 is 2.52 bits per heavy atom. The van der Waals surface area contributed by atoms with Crippen LogP contribution in [0.4, 0.5) is 4.79 Å². The molecule has 0 aromatic heterocycles. The second-order valence-corrected chi connectivity index (χ2v) is 7.43. The SMILES string of the molecule is CC1(C)C2CCC1(C)C1(C2)NC(=O)N(CCC(=O)O)C1=O. The largest absolute Gasteiger partial charge is 0.481 e. The highest BCUT2D eigenvalue weighted by Crippen LogP contribution is 2.70. The average Bonchev–Trinajstić information content (AvgIpc) is 2.81. The summed E-state index contributed by atoms with van der Waals surface area (Å²) in [5.74, 6) is -0.811. The van der Waals surface area contributed by atoms with E-state index >= 15 is 0 Å².